The van der Waals surface area contributed by atoms with Gasteiger partial charge in [-0.15, -0.1) is 0 Å². The van der Waals surface area contributed by atoms with Crippen molar-refractivity contribution in [2.24, 2.45) is 0 Å². The third-order valence-electron chi connectivity index (χ3n) is 5.24. The van der Waals surface area contributed by atoms with Gasteiger partial charge in [-0.1, -0.05) is 30.3 Å². The average Bonchev–Trinajstić information content (AvgIpc) is 2.84. The summed E-state index contributed by atoms with van der Waals surface area (Å²) < 4.78 is 34.6. The molecule has 9 heteroatoms. The molecular formula is C24H27NO8. The summed E-state index contributed by atoms with van der Waals surface area (Å²) in [6, 6.07) is 11.2. The smallest absolute Gasteiger partial charge is 0.208 e. The van der Waals surface area contributed by atoms with Crippen LogP contribution in [0.2, 0.25) is 0 Å². The van der Waals surface area contributed by atoms with E-state index in [1.54, 1.807) is 6.07 Å². The predicted molar refractivity (Wildman–Crippen MR) is 123 cm³/mol. The number of nitro groups is 1. The van der Waals surface area contributed by atoms with Crippen LogP contribution in [0.3, 0.4) is 0 Å². The third-order valence-corrected chi connectivity index (χ3v) is 5.24. The molecule has 176 valence electrons. The van der Waals surface area contributed by atoms with E-state index in [0.29, 0.717) is 50.8 Å². The number of benzene rings is 3. The molecule has 0 unspecified atom stereocenters. The molecular weight excluding hydrogens is 430 g/mol. The number of nitrogens with zero attached hydrogens (tertiary/aromatic N) is 1. The Hall–Kier alpha value is -3.88. The van der Waals surface area contributed by atoms with Crippen LogP contribution in [0.15, 0.2) is 36.4 Å². The average molecular weight is 457 g/mol. The highest BCUT2D eigenvalue weighted by molar-refractivity contribution is 6.06. The van der Waals surface area contributed by atoms with E-state index in [1.165, 1.54) is 35.5 Å². The van der Waals surface area contributed by atoms with Gasteiger partial charge in [0.1, 0.15) is 18.1 Å². The van der Waals surface area contributed by atoms with Gasteiger partial charge in [0.2, 0.25) is 6.54 Å². The van der Waals surface area contributed by atoms with Gasteiger partial charge >= 0.3 is 0 Å². The van der Waals surface area contributed by atoms with Gasteiger partial charge in [0.25, 0.3) is 0 Å². The van der Waals surface area contributed by atoms with Crippen molar-refractivity contribution < 1.29 is 33.3 Å². The number of hydrogen-bond acceptors (Lipinski definition) is 8. The molecule has 0 aliphatic rings. The van der Waals surface area contributed by atoms with Crippen LogP contribution in [0.1, 0.15) is 11.1 Å². The van der Waals surface area contributed by atoms with E-state index in [0.717, 1.165) is 5.56 Å². The number of fused-ring (bicyclic) bond motifs is 1. The van der Waals surface area contributed by atoms with E-state index in [2.05, 4.69) is 0 Å². The summed E-state index contributed by atoms with van der Waals surface area (Å²) in [7, 11) is 7.54. The van der Waals surface area contributed by atoms with Crippen molar-refractivity contribution in [3.63, 3.8) is 0 Å². The van der Waals surface area contributed by atoms with Crippen molar-refractivity contribution in [1.82, 2.24) is 0 Å². The summed E-state index contributed by atoms with van der Waals surface area (Å²) in [6.45, 7) is -0.0942. The molecule has 0 heterocycles. The fourth-order valence-corrected chi connectivity index (χ4v) is 3.81. The van der Waals surface area contributed by atoms with Gasteiger partial charge in [-0.2, -0.15) is 0 Å². The van der Waals surface area contributed by atoms with E-state index >= 15 is 0 Å². The van der Waals surface area contributed by atoms with Crippen molar-refractivity contribution in [3.8, 4) is 34.5 Å². The Morgan fingerprint density at radius 3 is 1.94 bits per heavy atom. The quantitative estimate of drug-likeness (QED) is 0.311. The van der Waals surface area contributed by atoms with E-state index in [9.17, 15) is 10.1 Å². The largest absolute Gasteiger partial charge is 0.496 e. The summed E-state index contributed by atoms with van der Waals surface area (Å²) in [5.41, 5.74) is 1.43. The van der Waals surface area contributed by atoms with E-state index in [4.69, 9.17) is 28.4 Å². The summed E-state index contributed by atoms with van der Waals surface area (Å²) in [6.07, 6.45) is 0.0596. The van der Waals surface area contributed by atoms with Crippen molar-refractivity contribution in [2.45, 2.75) is 13.0 Å². The maximum absolute atomic E-state index is 11.2. The lowest BCUT2D eigenvalue weighted by Crippen LogP contribution is -2.10. The molecule has 3 aromatic carbocycles. The predicted octanol–water partition coefficient (Wildman–Crippen LogP) is 4.28. The zero-order chi connectivity index (χ0) is 24.0. The van der Waals surface area contributed by atoms with Gasteiger partial charge in [0.05, 0.1) is 46.3 Å². The fourth-order valence-electron chi connectivity index (χ4n) is 3.81. The van der Waals surface area contributed by atoms with Crippen LogP contribution < -0.4 is 28.4 Å². The first-order valence-electron chi connectivity index (χ1n) is 10.2. The molecule has 0 saturated carbocycles. The van der Waals surface area contributed by atoms with Crippen molar-refractivity contribution >= 4 is 10.8 Å². The van der Waals surface area contributed by atoms with Crippen LogP contribution in [0.5, 0.6) is 34.5 Å². The first kappa shape index (κ1) is 23.8. The second-order valence-corrected chi connectivity index (χ2v) is 7.02. The second kappa shape index (κ2) is 10.6. The Bertz CT molecular complexity index is 1130. The van der Waals surface area contributed by atoms with Crippen molar-refractivity contribution in [3.05, 3.63) is 57.6 Å². The van der Waals surface area contributed by atoms with Gasteiger partial charge in [-0.3, -0.25) is 10.1 Å². The standard InChI is InChI=1S/C24H27NO8/c1-28-17-13-18(29-2)23(31-4)20-19(17)21(30-3)16(11-12-25(26)27)22(24(20)32-5)33-14-15-9-7-6-8-10-15/h6-10,13H,11-12,14H2,1-5H3. The van der Waals surface area contributed by atoms with Crippen LogP contribution in [-0.4, -0.2) is 47.0 Å². The van der Waals surface area contributed by atoms with Crippen LogP contribution in [0.4, 0.5) is 0 Å². The zero-order valence-corrected chi connectivity index (χ0v) is 19.3. The van der Waals surface area contributed by atoms with E-state index < -0.39 is 0 Å². The Morgan fingerprint density at radius 2 is 1.39 bits per heavy atom. The lowest BCUT2D eigenvalue weighted by molar-refractivity contribution is -0.479. The molecule has 0 spiro atoms. The molecule has 3 rings (SSSR count). The minimum Gasteiger partial charge on any atom is -0.496 e. The molecule has 0 fully saturated rings. The number of hydrogen-bond donors (Lipinski definition) is 0. The Balaban J connectivity index is 2.38. The van der Waals surface area contributed by atoms with Gasteiger partial charge in [-0.05, 0) is 5.56 Å². The molecule has 0 saturated heterocycles. The zero-order valence-electron chi connectivity index (χ0n) is 19.3. The normalized spacial score (nSPS) is 10.6. The summed E-state index contributed by atoms with van der Waals surface area (Å²) in [4.78, 5) is 10.8. The van der Waals surface area contributed by atoms with Gasteiger partial charge in [-0.25, -0.2) is 0 Å². The molecule has 0 radical (unpaired) electrons. The highest BCUT2D eigenvalue weighted by Crippen LogP contribution is 2.55. The van der Waals surface area contributed by atoms with Gasteiger partial charge < -0.3 is 28.4 Å². The van der Waals surface area contributed by atoms with Gasteiger partial charge in [0.15, 0.2) is 23.0 Å². The number of ether oxygens (including phenoxy) is 6. The monoisotopic (exact) mass is 457 g/mol. The number of rotatable bonds is 11. The minimum absolute atomic E-state index is 0.0596. The highest BCUT2D eigenvalue weighted by atomic mass is 16.6. The molecule has 0 amide bonds. The molecule has 3 aromatic rings. The first-order chi connectivity index (χ1) is 16.0. The molecule has 33 heavy (non-hydrogen) atoms. The van der Waals surface area contributed by atoms with E-state index in [-0.39, 0.29) is 24.5 Å². The van der Waals surface area contributed by atoms with Crippen molar-refractivity contribution in [1.29, 1.82) is 0 Å². The molecule has 0 atom stereocenters. The van der Waals surface area contributed by atoms with Crippen LogP contribution in [0.25, 0.3) is 10.8 Å². The van der Waals surface area contributed by atoms with Crippen molar-refractivity contribution in [2.75, 3.05) is 42.1 Å². The SMILES string of the molecule is COc1cc(OC)c2c(OC)c(CC[N+](=O)[O-])c(OCc3ccccc3)c(OC)c2c1OC. The molecule has 0 aliphatic carbocycles. The Morgan fingerprint density at radius 1 is 0.758 bits per heavy atom. The van der Waals surface area contributed by atoms with E-state index in [1.807, 2.05) is 30.3 Å². The fraction of sp³-hybridized carbons (Fsp3) is 0.333. The number of methoxy groups -OCH3 is 5. The lowest BCUT2D eigenvalue weighted by Gasteiger charge is -2.23. The first-order valence-corrected chi connectivity index (χ1v) is 10.2. The highest BCUT2D eigenvalue weighted by Gasteiger charge is 2.30. The van der Waals surface area contributed by atoms with Crippen LogP contribution in [-0.2, 0) is 13.0 Å². The summed E-state index contributed by atoms with van der Waals surface area (Å²) in [5.74, 6) is 2.32. The lowest BCUT2D eigenvalue weighted by atomic mass is 9.98. The summed E-state index contributed by atoms with van der Waals surface area (Å²) >= 11 is 0. The Kier molecular flexibility index (Phi) is 7.66. The maximum atomic E-state index is 11.2. The summed E-state index contributed by atoms with van der Waals surface area (Å²) in [5, 5.41) is 12.3. The minimum atomic E-state index is -0.386. The van der Waals surface area contributed by atoms with Crippen LogP contribution >= 0.6 is 0 Å². The molecule has 9 nitrogen and oxygen atoms in total. The third kappa shape index (κ3) is 4.67. The second-order valence-electron chi connectivity index (χ2n) is 7.02. The Labute approximate surface area is 191 Å². The molecule has 0 bridgehead atoms. The topological polar surface area (TPSA) is 98.5 Å². The van der Waals surface area contributed by atoms with Gasteiger partial charge in [0, 0.05) is 23.0 Å². The maximum Gasteiger partial charge on any atom is 0.208 e. The molecule has 0 aliphatic heterocycles. The van der Waals surface area contributed by atoms with Crippen LogP contribution in [0, 0.1) is 10.1 Å². The molecule has 0 N–H and O–H groups in total. The molecule has 0 aromatic heterocycles.